The van der Waals surface area contributed by atoms with Crippen molar-refractivity contribution in [3.63, 3.8) is 0 Å². The van der Waals surface area contributed by atoms with Crippen LogP contribution in [0.2, 0.25) is 0 Å². The normalized spacial score (nSPS) is 10.3. The van der Waals surface area contributed by atoms with E-state index in [1.807, 2.05) is 13.8 Å². The molecule has 9 nitrogen and oxygen atoms in total. The van der Waals surface area contributed by atoms with Gasteiger partial charge in [-0.25, -0.2) is 0 Å². The van der Waals surface area contributed by atoms with Gasteiger partial charge >= 0.3 is 0 Å². The zero-order valence-corrected chi connectivity index (χ0v) is 15.7. The molecule has 0 saturated heterocycles. The SMILES string of the molecule is COc1cc(C(=O)NNC(=O)Cc2ccc([N+](=O)[O-])cc2)ccc1OC(C)C. The van der Waals surface area contributed by atoms with Gasteiger partial charge in [0.05, 0.1) is 24.6 Å². The molecule has 148 valence electrons. The number of nitro groups is 1. The van der Waals surface area contributed by atoms with Crippen LogP contribution in [0.3, 0.4) is 0 Å². The Bertz CT molecular complexity index is 864. The molecule has 0 aliphatic heterocycles. The average molecular weight is 387 g/mol. The smallest absolute Gasteiger partial charge is 0.269 e. The summed E-state index contributed by atoms with van der Waals surface area (Å²) < 4.78 is 10.8. The lowest BCUT2D eigenvalue weighted by molar-refractivity contribution is -0.384. The van der Waals surface area contributed by atoms with Crippen molar-refractivity contribution in [2.75, 3.05) is 7.11 Å². The van der Waals surface area contributed by atoms with Crippen LogP contribution in [0.5, 0.6) is 11.5 Å². The third-order valence-electron chi connectivity index (χ3n) is 3.62. The second-order valence-corrected chi connectivity index (χ2v) is 6.13. The summed E-state index contributed by atoms with van der Waals surface area (Å²) in [5.41, 5.74) is 5.42. The van der Waals surface area contributed by atoms with Gasteiger partial charge in [-0.15, -0.1) is 0 Å². The van der Waals surface area contributed by atoms with Gasteiger partial charge in [0.25, 0.3) is 11.6 Å². The summed E-state index contributed by atoms with van der Waals surface area (Å²) in [6.45, 7) is 3.75. The molecule has 2 aromatic rings. The van der Waals surface area contributed by atoms with Crippen molar-refractivity contribution in [1.29, 1.82) is 0 Å². The van der Waals surface area contributed by atoms with Crippen molar-refractivity contribution >= 4 is 17.5 Å². The maximum Gasteiger partial charge on any atom is 0.269 e. The number of non-ortho nitro benzene ring substituents is 1. The number of ether oxygens (including phenoxy) is 2. The average Bonchev–Trinajstić information content (AvgIpc) is 2.66. The second kappa shape index (κ2) is 9.36. The molecule has 0 heterocycles. The van der Waals surface area contributed by atoms with E-state index < -0.39 is 16.7 Å². The van der Waals surface area contributed by atoms with Crippen LogP contribution in [0.25, 0.3) is 0 Å². The highest BCUT2D eigenvalue weighted by Gasteiger charge is 2.13. The molecule has 0 atom stereocenters. The lowest BCUT2D eigenvalue weighted by Crippen LogP contribution is -2.42. The first-order chi connectivity index (χ1) is 13.3. The van der Waals surface area contributed by atoms with Crippen molar-refractivity contribution < 1.29 is 24.0 Å². The fourth-order valence-corrected chi connectivity index (χ4v) is 2.32. The molecule has 9 heteroatoms. The predicted molar refractivity (Wildman–Crippen MR) is 101 cm³/mol. The minimum absolute atomic E-state index is 0.0389. The number of hydrazine groups is 1. The van der Waals surface area contributed by atoms with E-state index in [-0.39, 0.29) is 23.8 Å². The lowest BCUT2D eigenvalue weighted by atomic mass is 10.1. The largest absolute Gasteiger partial charge is 0.493 e. The summed E-state index contributed by atoms with van der Waals surface area (Å²) in [5.74, 6) is -0.0739. The lowest BCUT2D eigenvalue weighted by Gasteiger charge is -2.14. The van der Waals surface area contributed by atoms with E-state index in [4.69, 9.17) is 9.47 Å². The summed E-state index contributed by atoms with van der Waals surface area (Å²) in [6, 6.07) is 10.3. The molecule has 0 saturated carbocycles. The van der Waals surface area contributed by atoms with Gasteiger partial charge < -0.3 is 9.47 Å². The van der Waals surface area contributed by atoms with E-state index in [9.17, 15) is 19.7 Å². The Balaban J connectivity index is 1.93. The number of amides is 2. The van der Waals surface area contributed by atoms with E-state index in [0.29, 0.717) is 17.1 Å². The molecular formula is C19H21N3O6. The Morgan fingerprint density at radius 3 is 2.32 bits per heavy atom. The standard InChI is InChI=1S/C19H21N3O6/c1-12(2)28-16-9-6-14(11-17(16)27-3)19(24)21-20-18(23)10-13-4-7-15(8-5-13)22(25)26/h4-9,11-12H,10H2,1-3H3,(H,20,23)(H,21,24). The van der Waals surface area contributed by atoms with Crippen LogP contribution in [0, 0.1) is 10.1 Å². The van der Waals surface area contributed by atoms with E-state index in [1.165, 1.54) is 37.4 Å². The maximum absolute atomic E-state index is 12.2. The van der Waals surface area contributed by atoms with Crippen LogP contribution in [0.1, 0.15) is 29.8 Å². The summed E-state index contributed by atoms with van der Waals surface area (Å²) in [7, 11) is 1.47. The van der Waals surface area contributed by atoms with Gasteiger partial charge in [-0.2, -0.15) is 0 Å². The Hall–Kier alpha value is -3.62. The number of methoxy groups -OCH3 is 1. The molecule has 0 aliphatic carbocycles. The Labute approximate surface area is 161 Å². The van der Waals surface area contributed by atoms with Gasteiger partial charge in [-0.05, 0) is 37.6 Å². The Kier molecular flexibility index (Phi) is 6.91. The number of nitrogens with zero attached hydrogens (tertiary/aromatic N) is 1. The molecule has 0 radical (unpaired) electrons. The van der Waals surface area contributed by atoms with Crippen molar-refractivity contribution in [3.05, 3.63) is 63.7 Å². The molecule has 0 aliphatic rings. The number of benzene rings is 2. The summed E-state index contributed by atoms with van der Waals surface area (Å²) >= 11 is 0. The highest BCUT2D eigenvalue weighted by atomic mass is 16.6. The van der Waals surface area contributed by atoms with Crippen molar-refractivity contribution in [3.8, 4) is 11.5 Å². The molecule has 0 fully saturated rings. The molecule has 2 amide bonds. The molecule has 2 rings (SSSR count). The fraction of sp³-hybridized carbons (Fsp3) is 0.263. The number of rotatable bonds is 7. The Morgan fingerprint density at radius 1 is 1.07 bits per heavy atom. The molecule has 28 heavy (non-hydrogen) atoms. The van der Waals surface area contributed by atoms with Crippen LogP contribution in [0.15, 0.2) is 42.5 Å². The first-order valence-electron chi connectivity index (χ1n) is 8.47. The number of hydrogen-bond acceptors (Lipinski definition) is 6. The Morgan fingerprint density at radius 2 is 1.75 bits per heavy atom. The number of carbonyl (C=O) groups excluding carboxylic acids is 2. The molecular weight excluding hydrogens is 366 g/mol. The van der Waals surface area contributed by atoms with E-state index in [2.05, 4.69) is 10.9 Å². The molecule has 0 spiro atoms. The first-order valence-corrected chi connectivity index (χ1v) is 8.47. The van der Waals surface area contributed by atoms with Gasteiger partial charge in [0.1, 0.15) is 0 Å². The van der Waals surface area contributed by atoms with Gasteiger partial charge in [-0.3, -0.25) is 30.6 Å². The second-order valence-electron chi connectivity index (χ2n) is 6.13. The van der Waals surface area contributed by atoms with Gasteiger partial charge in [0, 0.05) is 17.7 Å². The number of carbonyl (C=O) groups is 2. The maximum atomic E-state index is 12.2. The molecule has 0 unspecified atom stereocenters. The summed E-state index contributed by atoms with van der Waals surface area (Å²) in [5, 5.41) is 10.6. The van der Waals surface area contributed by atoms with Gasteiger partial charge in [0.15, 0.2) is 11.5 Å². The topological polar surface area (TPSA) is 120 Å². The minimum atomic E-state index is -0.522. The van der Waals surface area contributed by atoms with Crippen LogP contribution in [-0.2, 0) is 11.2 Å². The minimum Gasteiger partial charge on any atom is -0.493 e. The first kappa shape index (κ1) is 20.7. The van der Waals surface area contributed by atoms with Crippen LogP contribution in [0.4, 0.5) is 5.69 Å². The number of nitrogens with one attached hydrogen (secondary N) is 2. The summed E-state index contributed by atoms with van der Waals surface area (Å²) in [6.07, 6.45) is -0.0877. The van der Waals surface area contributed by atoms with Gasteiger partial charge in [-0.1, -0.05) is 12.1 Å². The van der Waals surface area contributed by atoms with E-state index >= 15 is 0 Å². The quantitative estimate of drug-likeness (QED) is 0.556. The number of hydrogen-bond donors (Lipinski definition) is 2. The van der Waals surface area contributed by atoms with E-state index in [1.54, 1.807) is 12.1 Å². The van der Waals surface area contributed by atoms with Gasteiger partial charge in [0.2, 0.25) is 5.91 Å². The number of nitro benzene ring substituents is 1. The molecule has 0 bridgehead atoms. The fourth-order valence-electron chi connectivity index (χ4n) is 2.32. The third-order valence-corrected chi connectivity index (χ3v) is 3.62. The highest BCUT2D eigenvalue weighted by molar-refractivity contribution is 5.96. The molecule has 2 aromatic carbocycles. The molecule has 0 aromatic heterocycles. The molecule has 2 N–H and O–H groups in total. The van der Waals surface area contributed by atoms with Crippen LogP contribution >= 0.6 is 0 Å². The van der Waals surface area contributed by atoms with Crippen molar-refractivity contribution in [2.24, 2.45) is 0 Å². The predicted octanol–water partition coefficient (Wildman–Crippen LogP) is 2.39. The zero-order valence-electron chi connectivity index (χ0n) is 15.7. The monoisotopic (exact) mass is 387 g/mol. The van der Waals surface area contributed by atoms with E-state index in [0.717, 1.165) is 0 Å². The highest BCUT2D eigenvalue weighted by Crippen LogP contribution is 2.28. The van der Waals surface area contributed by atoms with Crippen molar-refractivity contribution in [1.82, 2.24) is 10.9 Å². The third kappa shape index (κ3) is 5.70. The zero-order chi connectivity index (χ0) is 20.7. The summed E-state index contributed by atoms with van der Waals surface area (Å²) in [4.78, 5) is 34.3. The van der Waals surface area contributed by atoms with Crippen LogP contribution < -0.4 is 20.3 Å². The van der Waals surface area contributed by atoms with Crippen LogP contribution in [-0.4, -0.2) is 30.0 Å². The van der Waals surface area contributed by atoms with Crippen molar-refractivity contribution in [2.45, 2.75) is 26.4 Å².